The molecule has 0 saturated carbocycles. The summed E-state index contributed by atoms with van der Waals surface area (Å²) in [7, 11) is 0. The summed E-state index contributed by atoms with van der Waals surface area (Å²) in [5.74, 6) is -0.185. The molecule has 0 saturated heterocycles. The molecule has 5 heteroatoms. The van der Waals surface area contributed by atoms with Crippen LogP contribution in [0.3, 0.4) is 0 Å². The fraction of sp³-hybridized carbons (Fsp3) is 0.100. The molecule has 0 aromatic heterocycles. The fourth-order valence-electron chi connectivity index (χ4n) is 2.49. The summed E-state index contributed by atoms with van der Waals surface area (Å²) in [5.41, 5.74) is 4.47. The van der Waals surface area contributed by atoms with Crippen LogP contribution in [0.15, 0.2) is 71.8 Å². The molecule has 2 N–H and O–H groups in total. The Labute approximate surface area is 160 Å². The maximum Gasteiger partial charge on any atom is 0.262 e. The van der Waals surface area contributed by atoms with Crippen molar-refractivity contribution in [2.75, 3.05) is 5.32 Å². The number of hydrogen-bond acceptors (Lipinski definition) is 3. The second kappa shape index (κ2) is 8.11. The Bertz CT molecular complexity index is 901. The predicted molar refractivity (Wildman–Crippen MR) is 112 cm³/mol. The van der Waals surface area contributed by atoms with Gasteiger partial charge in [0.05, 0.1) is 6.21 Å². The normalized spacial score (nSPS) is 12.2. The van der Waals surface area contributed by atoms with Gasteiger partial charge in [0.2, 0.25) is 0 Å². The van der Waals surface area contributed by atoms with Crippen LogP contribution >= 0.6 is 22.6 Å². The third kappa shape index (κ3) is 4.57. The Hall–Kier alpha value is -2.41. The van der Waals surface area contributed by atoms with Crippen molar-refractivity contribution in [2.24, 2.45) is 5.10 Å². The van der Waals surface area contributed by atoms with Gasteiger partial charge in [0, 0.05) is 14.8 Å². The maximum atomic E-state index is 12.2. The number of nitrogens with one attached hydrogen (secondary N) is 2. The minimum Gasteiger partial charge on any atom is -0.374 e. The zero-order chi connectivity index (χ0) is 17.6. The van der Waals surface area contributed by atoms with Crippen LogP contribution in [0.4, 0.5) is 5.69 Å². The highest BCUT2D eigenvalue weighted by Crippen LogP contribution is 2.16. The molecule has 0 fully saturated rings. The van der Waals surface area contributed by atoms with Crippen LogP contribution in [0, 0.1) is 3.57 Å². The lowest BCUT2D eigenvalue weighted by Gasteiger charge is -2.13. The summed E-state index contributed by atoms with van der Waals surface area (Å²) >= 11 is 2.25. The van der Waals surface area contributed by atoms with Crippen molar-refractivity contribution in [1.29, 1.82) is 0 Å². The van der Waals surface area contributed by atoms with Crippen molar-refractivity contribution >= 4 is 51.2 Å². The summed E-state index contributed by atoms with van der Waals surface area (Å²) < 4.78 is 1.15. The summed E-state index contributed by atoms with van der Waals surface area (Å²) in [6, 6.07) is 21.6. The Morgan fingerprint density at radius 3 is 2.56 bits per heavy atom. The minimum absolute atomic E-state index is 0.185. The molecule has 3 aromatic rings. The number of hydrogen-bond donors (Lipinski definition) is 2. The Kier molecular flexibility index (Phi) is 5.65. The second-order valence-electron chi connectivity index (χ2n) is 5.68. The van der Waals surface area contributed by atoms with E-state index in [2.05, 4.69) is 50.6 Å². The zero-order valence-electron chi connectivity index (χ0n) is 13.7. The molecular formula is C20H18IN3O. The van der Waals surface area contributed by atoms with E-state index in [0.717, 1.165) is 25.6 Å². The van der Waals surface area contributed by atoms with Gasteiger partial charge in [-0.1, -0.05) is 42.5 Å². The lowest BCUT2D eigenvalue weighted by atomic mass is 10.1. The number of halogens is 1. The molecule has 25 heavy (non-hydrogen) atoms. The van der Waals surface area contributed by atoms with E-state index in [1.807, 2.05) is 54.6 Å². The molecule has 3 rings (SSSR count). The quantitative estimate of drug-likeness (QED) is 0.349. The van der Waals surface area contributed by atoms with Crippen LogP contribution in [0.1, 0.15) is 12.5 Å². The maximum absolute atomic E-state index is 12.2. The van der Waals surface area contributed by atoms with Gasteiger partial charge in [0.25, 0.3) is 5.91 Å². The number of amides is 1. The van der Waals surface area contributed by atoms with Crippen molar-refractivity contribution < 1.29 is 4.79 Å². The summed E-state index contributed by atoms with van der Waals surface area (Å²) in [4.78, 5) is 12.2. The van der Waals surface area contributed by atoms with E-state index in [1.54, 1.807) is 13.1 Å². The number of nitrogens with zero attached hydrogens (tertiary/aromatic N) is 1. The van der Waals surface area contributed by atoms with E-state index in [-0.39, 0.29) is 11.9 Å². The molecule has 0 aliphatic rings. The smallest absolute Gasteiger partial charge is 0.262 e. The first-order chi connectivity index (χ1) is 12.1. The monoisotopic (exact) mass is 443 g/mol. The summed E-state index contributed by atoms with van der Waals surface area (Å²) in [5, 5.41) is 9.51. The third-order valence-electron chi connectivity index (χ3n) is 3.82. The van der Waals surface area contributed by atoms with Gasteiger partial charge >= 0.3 is 0 Å². The molecular weight excluding hydrogens is 425 g/mol. The van der Waals surface area contributed by atoms with Crippen molar-refractivity contribution in [3.8, 4) is 0 Å². The van der Waals surface area contributed by atoms with Crippen LogP contribution in [-0.2, 0) is 4.79 Å². The zero-order valence-corrected chi connectivity index (χ0v) is 15.9. The first-order valence-corrected chi connectivity index (χ1v) is 9.04. The van der Waals surface area contributed by atoms with E-state index in [9.17, 15) is 4.79 Å². The van der Waals surface area contributed by atoms with E-state index >= 15 is 0 Å². The van der Waals surface area contributed by atoms with Crippen LogP contribution in [0.5, 0.6) is 0 Å². The van der Waals surface area contributed by atoms with E-state index in [0.29, 0.717) is 0 Å². The second-order valence-corrected chi connectivity index (χ2v) is 6.92. The molecule has 126 valence electrons. The molecule has 3 aromatic carbocycles. The number of rotatable bonds is 5. The van der Waals surface area contributed by atoms with Gasteiger partial charge in [-0.05, 0) is 64.6 Å². The summed E-state index contributed by atoms with van der Waals surface area (Å²) in [6.07, 6.45) is 1.68. The highest BCUT2D eigenvalue weighted by molar-refractivity contribution is 14.1. The van der Waals surface area contributed by atoms with Gasteiger partial charge in [-0.3, -0.25) is 4.79 Å². The van der Waals surface area contributed by atoms with Crippen LogP contribution < -0.4 is 10.7 Å². The third-order valence-corrected chi connectivity index (χ3v) is 4.54. The van der Waals surface area contributed by atoms with E-state index in [1.165, 1.54) is 0 Å². The van der Waals surface area contributed by atoms with E-state index < -0.39 is 0 Å². The van der Waals surface area contributed by atoms with E-state index in [4.69, 9.17) is 0 Å². The van der Waals surface area contributed by atoms with Gasteiger partial charge in [-0.25, -0.2) is 5.43 Å². The van der Waals surface area contributed by atoms with Crippen molar-refractivity contribution in [3.63, 3.8) is 0 Å². The van der Waals surface area contributed by atoms with Gasteiger partial charge in [0.1, 0.15) is 6.04 Å². The van der Waals surface area contributed by atoms with Crippen molar-refractivity contribution in [2.45, 2.75) is 13.0 Å². The highest BCUT2D eigenvalue weighted by atomic mass is 127. The summed E-state index contributed by atoms with van der Waals surface area (Å²) in [6.45, 7) is 1.81. The standard InChI is InChI=1S/C20H18IN3O/c1-14(23-18-11-9-17(21)10-12-18)20(25)24-22-13-16-7-4-6-15-5-2-3-8-19(15)16/h2-14,23H,1H3,(H,24,25)/b22-13-/t14-/m1/s1. The van der Waals surface area contributed by atoms with Crippen LogP contribution in [0.25, 0.3) is 10.8 Å². The topological polar surface area (TPSA) is 53.5 Å². The Morgan fingerprint density at radius 1 is 1.04 bits per heavy atom. The lowest BCUT2D eigenvalue weighted by molar-refractivity contribution is -0.121. The van der Waals surface area contributed by atoms with Gasteiger partial charge < -0.3 is 5.32 Å². The largest absolute Gasteiger partial charge is 0.374 e. The molecule has 0 aliphatic heterocycles. The Balaban J connectivity index is 1.62. The molecule has 0 heterocycles. The fourth-order valence-corrected chi connectivity index (χ4v) is 2.85. The average molecular weight is 443 g/mol. The predicted octanol–water partition coefficient (Wildman–Crippen LogP) is 4.40. The van der Waals surface area contributed by atoms with Crippen LogP contribution in [0.2, 0.25) is 0 Å². The molecule has 0 aliphatic carbocycles. The average Bonchev–Trinajstić information content (AvgIpc) is 2.63. The SMILES string of the molecule is C[C@@H](Nc1ccc(I)cc1)C(=O)N/N=C\c1cccc2ccccc12. The number of carbonyl (C=O) groups is 1. The van der Waals surface area contributed by atoms with Gasteiger partial charge in [0.15, 0.2) is 0 Å². The van der Waals surface area contributed by atoms with Gasteiger partial charge in [-0.15, -0.1) is 0 Å². The van der Waals surface area contributed by atoms with Crippen molar-refractivity contribution in [3.05, 3.63) is 75.9 Å². The number of carbonyl (C=O) groups excluding carboxylic acids is 1. The Morgan fingerprint density at radius 2 is 1.76 bits per heavy atom. The number of hydrazone groups is 1. The highest BCUT2D eigenvalue weighted by Gasteiger charge is 2.11. The number of fused-ring (bicyclic) bond motifs is 1. The first-order valence-electron chi connectivity index (χ1n) is 7.96. The minimum atomic E-state index is -0.385. The lowest BCUT2D eigenvalue weighted by Crippen LogP contribution is -2.34. The molecule has 1 amide bonds. The molecule has 0 radical (unpaired) electrons. The van der Waals surface area contributed by atoms with Crippen LogP contribution in [-0.4, -0.2) is 18.2 Å². The number of anilines is 1. The molecule has 0 bridgehead atoms. The first kappa shape index (κ1) is 17.4. The number of benzene rings is 3. The molecule has 1 atom stereocenters. The molecule has 0 unspecified atom stereocenters. The molecule has 0 spiro atoms. The molecule has 4 nitrogen and oxygen atoms in total. The van der Waals surface area contributed by atoms with Gasteiger partial charge in [-0.2, -0.15) is 5.10 Å². The van der Waals surface area contributed by atoms with Crippen molar-refractivity contribution in [1.82, 2.24) is 5.43 Å².